The zero-order valence-electron chi connectivity index (χ0n) is 9.53. The van der Waals surface area contributed by atoms with Gasteiger partial charge in [-0.3, -0.25) is 4.57 Å². The average molecular weight is 326 g/mol. The van der Waals surface area contributed by atoms with Crippen LogP contribution >= 0.6 is 23.3 Å². The highest BCUT2D eigenvalue weighted by Gasteiger charge is 2.30. The molecule has 0 aliphatic carbocycles. The molecule has 0 aliphatic heterocycles. The zero-order valence-corrected chi connectivity index (χ0v) is 12.0. The van der Waals surface area contributed by atoms with Gasteiger partial charge in [0.1, 0.15) is 5.78 Å². The van der Waals surface area contributed by atoms with E-state index < -0.39 is 13.2 Å². The summed E-state index contributed by atoms with van der Waals surface area (Å²) in [6, 6.07) is 15.6. The van der Waals surface area contributed by atoms with Crippen molar-refractivity contribution in [3.05, 3.63) is 64.6 Å². The zero-order chi connectivity index (χ0) is 13.2. The Labute approximate surface area is 114 Å². The Balaban J connectivity index is 2.36. The fourth-order valence-electron chi connectivity index (χ4n) is 1.66. The maximum atomic E-state index is 12.4. The highest BCUT2D eigenvalue weighted by atomic mass is 79.9. The molecule has 0 fully saturated rings. The molecule has 18 heavy (non-hydrogen) atoms. The van der Waals surface area contributed by atoms with Gasteiger partial charge in [-0.2, -0.15) is 0 Å². The molecule has 3 nitrogen and oxygen atoms in total. The summed E-state index contributed by atoms with van der Waals surface area (Å²) in [7, 11) is -3.61. The first-order valence-electron chi connectivity index (χ1n) is 5.41. The second-order valence-corrected chi connectivity index (χ2v) is 7.19. The first-order chi connectivity index (χ1) is 8.51. The van der Waals surface area contributed by atoms with E-state index in [0.717, 1.165) is 4.47 Å². The van der Waals surface area contributed by atoms with Gasteiger partial charge in [0.2, 0.25) is 7.37 Å². The predicted octanol–water partition coefficient (Wildman–Crippen LogP) is 3.00. The Hall–Kier alpha value is -0.930. The molecule has 0 saturated carbocycles. The average Bonchev–Trinajstić information content (AvgIpc) is 2.40. The molecule has 94 valence electrons. The number of nitrogens with two attached hydrogens (primary N) is 1. The molecule has 5 heteroatoms. The quantitative estimate of drug-likeness (QED) is 0.853. The van der Waals surface area contributed by atoms with Crippen molar-refractivity contribution in [2.24, 2.45) is 5.73 Å². The molecule has 0 amide bonds. The monoisotopic (exact) mass is 325 g/mol. The molecule has 1 unspecified atom stereocenters. The first kappa shape index (κ1) is 13.5. The van der Waals surface area contributed by atoms with Gasteiger partial charge in [-0.05, 0) is 29.8 Å². The molecule has 0 saturated heterocycles. The number of hydrogen-bond donors (Lipinski definition) is 2. The Morgan fingerprint density at radius 1 is 1.06 bits per heavy atom. The van der Waals surface area contributed by atoms with Crippen molar-refractivity contribution in [2.75, 3.05) is 0 Å². The van der Waals surface area contributed by atoms with Crippen LogP contribution in [-0.2, 0) is 4.57 Å². The summed E-state index contributed by atoms with van der Waals surface area (Å²) >= 11 is 3.32. The predicted molar refractivity (Wildman–Crippen MR) is 77.0 cm³/mol. The lowest BCUT2D eigenvalue weighted by Gasteiger charge is -2.19. The molecule has 2 aromatic rings. The summed E-state index contributed by atoms with van der Waals surface area (Å²) in [5.41, 5.74) is 6.57. The maximum Gasteiger partial charge on any atom is 0.250 e. The molecule has 0 heterocycles. The highest BCUT2D eigenvalue weighted by Crippen LogP contribution is 2.51. The largest absolute Gasteiger partial charge is 0.340 e. The number of rotatable bonds is 3. The third kappa shape index (κ3) is 2.73. The summed E-state index contributed by atoms with van der Waals surface area (Å²) in [4.78, 5) is 10.2. The third-order valence-electron chi connectivity index (χ3n) is 2.71. The van der Waals surface area contributed by atoms with Crippen molar-refractivity contribution in [1.82, 2.24) is 0 Å². The van der Waals surface area contributed by atoms with Crippen molar-refractivity contribution in [3.8, 4) is 0 Å². The second kappa shape index (κ2) is 5.37. The van der Waals surface area contributed by atoms with Gasteiger partial charge in [-0.15, -0.1) is 0 Å². The van der Waals surface area contributed by atoms with E-state index in [2.05, 4.69) is 15.9 Å². The van der Waals surface area contributed by atoms with Crippen molar-refractivity contribution >= 4 is 28.6 Å². The van der Waals surface area contributed by atoms with Crippen LogP contribution in [0.25, 0.3) is 0 Å². The van der Waals surface area contributed by atoms with Gasteiger partial charge >= 0.3 is 0 Å². The summed E-state index contributed by atoms with van der Waals surface area (Å²) in [5, 5.41) is 0.375. The summed E-state index contributed by atoms with van der Waals surface area (Å²) in [6.45, 7) is 0. The molecule has 3 N–H and O–H groups in total. The topological polar surface area (TPSA) is 63.3 Å². The molecule has 0 bridgehead atoms. The number of hydrogen-bond acceptors (Lipinski definition) is 2. The van der Waals surface area contributed by atoms with E-state index in [1.165, 1.54) is 0 Å². The van der Waals surface area contributed by atoms with Crippen LogP contribution in [0, 0.1) is 0 Å². The molecule has 0 aromatic heterocycles. The molecular formula is C13H13BrNO2P. The van der Waals surface area contributed by atoms with Crippen molar-refractivity contribution in [1.29, 1.82) is 0 Å². The fourth-order valence-corrected chi connectivity index (χ4v) is 3.43. The van der Waals surface area contributed by atoms with Gasteiger partial charge in [0, 0.05) is 9.78 Å². The highest BCUT2D eigenvalue weighted by molar-refractivity contribution is 9.10. The van der Waals surface area contributed by atoms with Crippen LogP contribution in [0.2, 0.25) is 0 Å². The molecular weight excluding hydrogens is 313 g/mol. The molecule has 2 aromatic carbocycles. The van der Waals surface area contributed by atoms with E-state index >= 15 is 0 Å². The summed E-state index contributed by atoms with van der Waals surface area (Å²) in [6.07, 6.45) is 0. The minimum Gasteiger partial charge on any atom is -0.340 e. The Bertz CT molecular complexity index is 571. The SMILES string of the molecule is N[C@H](c1ccc(Br)cc1)P(=O)(O)c1ccccc1. The minimum absolute atomic E-state index is 0.375. The van der Waals surface area contributed by atoms with E-state index in [-0.39, 0.29) is 0 Å². The lowest BCUT2D eigenvalue weighted by Crippen LogP contribution is -2.18. The van der Waals surface area contributed by atoms with Crippen LogP contribution in [0.4, 0.5) is 0 Å². The van der Waals surface area contributed by atoms with E-state index in [4.69, 9.17) is 5.73 Å². The van der Waals surface area contributed by atoms with E-state index in [0.29, 0.717) is 10.9 Å². The van der Waals surface area contributed by atoms with Gasteiger partial charge in [0.15, 0.2) is 0 Å². The lowest BCUT2D eigenvalue weighted by atomic mass is 10.2. The van der Waals surface area contributed by atoms with Crippen LogP contribution < -0.4 is 11.0 Å². The van der Waals surface area contributed by atoms with Crippen LogP contribution in [0.5, 0.6) is 0 Å². The van der Waals surface area contributed by atoms with Crippen molar-refractivity contribution < 1.29 is 9.46 Å². The van der Waals surface area contributed by atoms with Gasteiger partial charge in [0.05, 0.1) is 0 Å². The first-order valence-corrected chi connectivity index (χ1v) is 7.93. The Kier molecular flexibility index (Phi) is 4.03. The smallest absolute Gasteiger partial charge is 0.250 e. The van der Waals surface area contributed by atoms with Gasteiger partial charge in [-0.1, -0.05) is 46.3 Å². The van der Waals surface area contributed by atoms with E-state index in [9.17, 15) is 9.46 Å². The lowest BCUT2D eigenvalue weighted by molar-refractivity contribution is 0.477. The number of halogens is 1. The summed E-state index contributed by atoms with van der Waals surface area (Å²) in [5.74, 6) is -0.909. The Morgan fingerprint density at radius 2 is 1.61 bits per heavy atom. The minimum atomic E-state index is -3.61. The van der Waals surface area contributed by atoms with Crippen molar-refractivity contribution in [2.45, 2.75) is 5.78 Å². The van der Waals surface area contributed by atoms with Crippen molar-refractivity contribution in [3.63, 3.8) is 0 Å². The van der Waals surface area contributed by atoms with Crippen LogP contribution in [0.15, 0.2) is 59.1 Å². The molecule has 0 spiro atoms. The number of benzene rings is 2. The standard InChI is InChI=1S/C13H13BrNO2P/c14-11-8-6-10(7-9-11)13(15)18(16,17)12-4-2-1-3-5-12/h1-9,13H,15H2,(H,16,17)/t13-/m0/s1. The molecule has 2 rings (SSSR count). The Morgan fingerprint density at radius 3 is 2.17 bits per heavy atom. The van der Waals surface area contributed by atoms with Gasteiger partial charge in [-0.25, -0.2) is 0 Å². The van der Waals surface area contributed by atoms with E-state index in [1.54, 1.807) is 54.6 Å². The van der Waals surface area contributed by atoms with E-state index in [1.807, 2.05) is 0 Å². The fraction of sp³-hybridized carbons (Fsp3) is 0.0769. The third-order valence-corrected chi connectivity index (χ3v) is 5.33. The molecule has 0 radical (unpaired) electrons. The van der Waals surface area contributed by atoms with Gasteiger partial charge < -0.3 is 10.6 Å². The van der Waals surface area contributed by atoms with Crippen LogP contribution in [0.1, 0.15) is 11.3 Å². The normalized spacial score (nSPS) is 15.9. The van der Waals surface area contributed by atoms with Gasteiger partial charge in [0.25, 0.3) is 0 Å². The maximum absolute atomic E-state index is 12.4. The molecule has 0 aliphatic rings. The molecule has 2 atom stereocenters. The van der Waals surface area contributed by atoms with Crippen LogP contribution in [0.3, 0.4) is 0 Å². The second-order valence-electron chi connectivity index (χ2n) is 3.95. The summed E-state index contributed by atoms with van der Waals surface area (Å²) < 4.78 is 13.3. The van der Waals surface area contributed by atoms with Crippen LogP contribution in [-0.4, -0.2) is 4.89 Å².